The maximum atomic E-state index is 12.0. The Morgan fingerprint density at radius 3 is 2.36 bits per heavy atom. The molecule has 2 aliphatic rings. The number of likely N-dealkylation sites (tertiary alicyclic amines) is 1. The summed E-state index contributed by atoms with van der Waals surface area (Å²) in [6.45, 7) is 8.02. The van der Waals surface area contributed by atoms with Crippen LogP contribution in [0.15, 0.2) is 0 Å². The van der Waals surface area contributed by atoms with E-state index < -0.39 is 0 Å². The first-order chi connectivity index (χ1) is 6.42. The third-order valence-corrected chi connectivity index (χ3v) is 4.21. The molecule has 0 aromatic heterocycles. The van der Waals surface area contributed by atoms with Gasteiger partial charge in [0.15, 0.2) is 0 Å². The quantitative estimate of drug-likeness (QED) is 0.614. The molecule has 1 aliphatic heterocycles. The molecule has 0 N–H and O–H groups in total. The fourth-order valence-corrected chi connectivity index (χ4v) is 2.46. The van der Waals surface area contributed by atoms with E-state index in [0.29, 0.717) is 11.8 Å². The van der Waals surface area contributed by atoms with Gasteiger partial charge < -0.3 is 4.90 Å². The van der Waals surface area contributed by atoms with Gasteiger partial charge in [-0.25, -0.2) is 0 Å². The second-order valence-corrected chi connectivity index (χ2v) is 6.04. The van der Waals surface area contributed by atoms with E-state index in [1.807, 2.05) is 4.90 Å². The average molecular weight is 216 g/mol. The van der Waals surface area contributed by atoms with E-state index in [4.69, 9.17) is 11.6 Å². The second kappa shape index (κ2) is 3.13. The third-order valence-electron chi connectivity index (χ3n) is 3.64. The zero-order valence-corrected chi connectivity index (χ0v) is 9.84. The van der Waals surface area contributed by atoms with Gasteiger partial charge in [-0.2, -0.15) is 0 Å². The number of hydrogen-bond donors (Lipinski definition) is 0. The minimum absolute atomic E-state index is 0.154. The zero-order chi connectivity index (χ0) is 10.5. The van der Waals surface area contributed by atoms with E-state index in [1.165, 1.54) is 0 Å². The van der Waals surface area contributed by atoms with Crippen molar-refractivity contribution in [2.75, 3.05) is 13.1 Å². The van der Waals surface area contributed by atoms with Crippen LogP contribution < -0.4 is 0 Å². The highest BCUT2D eigenvalue weighted by Crippen LogP contribution is 2.52. The Morgan fingerprint density at radius 2 is 2.00 bits per heavy atom. The van der Waals surface area contributed by atoms with Gasteiger partial charge in [-0.15, -0.1) is 11.6 Å². The summed E-state index contributed by atoms with van der Waals surface area (Å²) in [6.07, 6.45) is 1.05. The smallest absolute Gasteiger partial charge is 0.226 e. The molecule has 0 aromatic carbocycles. The number of carbonyl (C=O) groups is 1. The van der Waals surface area contributed by atoms with Gasteiger partial charge in [0, 0.05) is 19.0 Å². The van der Waals surface area contributed by atoms with Gasteiger partial charge in [-0.05, 0) is 17.8 Å². The predicted molar refractivity (Wildman–Crippen MR) is 57.3 cm³/mol. The molecule has 1 saturated carbocycles. The molecule has 1 saturated heterocycles. The molecular formula is C11H18ClNO. The summed E-state index contributed by atoms with van der Waals surface area (Å²) in [5, 5.41) is 0.154. The number of carbonyl (C=O) groups excluding carboxylic acids is 1. The summed E-state index contributed by atoms with van der Waals surface area (Å²) in [4.78, 5) is 13.9. The lowest BCUT2D eigenvalue weighted by molar-refractivity contribution is -0.132. The lowest BCUT2D eigenvalue weighted by Gasteiger charge is -2.16. The zero-order valence-electron chi connectivity index (χ0n) is 9.09. The van der Waals surface area contributed by atoms with Gasteiger partial charge in [-0.1, -0.05) is 20.8 Å². The summed E-state index contributed by atoms with van der Waals surface area (Å²) >= 11 is 6.10. The van der Waals surface area contributed by atoms with Crippen LogP contribution in [0.5, 0.6) is 0 Å². The first-order valence-corrected chi connectivity index (χ1v) is 5.78. The first-order valence-electron chi connectivity index (χ1n) is 5.34. The van der Waals surface area contributed by atoms with Crippen LogP contribution in [-0.2, 0) is 4.79 Å². The molecule has 0 aromatic rings. The average Bonchev–Trinajstić information content (AvgIpc) is 2.59. The highest BCUT2D eigenvalue weighted by atomic mass is 35.5. The van der Waals surface area contributed by atoms with Gasteiger partial charge in [0.05, 0.1) is 5.38 Å². The van der Waals surface area contributed by atoms with Crippen LogP contribution in [0.4, 0.5) is 0 Å². The van der Waals surface area contributed by atoms with Crippen LogP contribution in [0, 0.1) is 17.3 Å². The van der Waals surface area contributed by atoms with Gasteiger partial charge in [-0.3, -0.25) is 4.79 Å². The monoisotopic (exact) mass is 215 g/mol. The number of hydrogen-bond acceptors (Lipinski definition) is 1. The predicted octanol–water partition coefficient (Wildman–Crippen LogP) is 2.12. The molecule has 3 heteroatoms. The molecule has 14 heavy (non-hydrogen) atoms. The van der Waals surface area contributed by atoms with Gasteiger partial charge in [0.25, 0.3) is 0 Å². The molecule has 0 spiro atoms. The minimum atomic E-state index is 0.154. The topological polar surface area (TPSA) is 20.3 Å². The Balaban J connectivity index is 1.95. The third kappa shape index (κ3) is 1.65. The van der Waals surface area contributed by atoms with Crippen molar-refractivity contribution in [1.82, 2.24) is 4.90 Å². The molecule has 1 heterocycles. The normalized spacial score (nSPS) is 40.0. The van der Waals surface area contributed by atoms with Crippen LogP contribution >= 0.6 is 11.6 Å². The minimum Gasteiger partial charge on any atom is -0.341 e. The molecule has 2 fully saturated rings. The van der Waals surface area contributed by atoms with Crippen molar-refractivity contribution in [3.63, 3.8) is 0 Å². The van der Waals surface area contributed by atoms with Crippen LogP contribution in [0.2, 0.25) is 0 Å². The maximum Gasteiger partial charge on any atom is 0.226 e. The molecule has 3 unspecified atom stereocenters. The highest BCUT2D eigenvalue weighted by Gasteiger charge is 2.52. The van der Waals surface area contributed by atoms with Gasteiger partial charge in [0.1, 0.15) is 0 Å². The van der Waals surface area contributed by atoms with Crippen molar-refractivity contribution < 1.29 is 4.79 Å². The maximum absolute atomic E-state index is 12.0. The summed E-state index contributed by atoms with van der Waals surface area (Å²) in [6, 6.07) is 0. The highest BCUT2D eigenvalue weighted by molar-refractivity contribution is 6.21. The molecule has 0 bridgehead atoms. The van der Waals surface area contributed by atoms with Crippen molar-refractivity contribution in [3.8, 4) is 0 Å². The number of nitrogens with zero attached hydrogens (tertiary/aromatic N) is 1. The van der Waals surface area contributed by atoms with Gasteiger partial charge in [0.2, 0.25) is 5.91 Å². The van der Waals surface area contributed by atoms with E-state index in [1.54, 1.807) is 0 Å². The largest absolute Gasteiger partial charge is 0.341 e. The summed E-state index contributed by atoms with van der Waals surface area (Å²) in [5.41, 5.74) is 0.241. The van der Waals surface area contributed by atoms with Crippen molar-refractivity contribution >= 4 is 17.5 Å². The van der Waals surface area contributed by atoms with Crippen LogP contribution in [-0.4, -0.2) is 29.3 Å². The van der Waals surface area contributed by atoms with E-state index in [-0.39, 0.29) is 16.7 Å². The van der Waals surface area contributed by atoms with E-state index in [0.717, 1.165) is 19.5 Å². The van der Waals surface area contributed by atoms with Crippen LogP contribution in [0.1, 0.15) is 27.2 Å². The molecule has 1 aliphatic carbocycles. The van der Waals surface area contributed by atoms with Crippen LogP contribution in [0.25, 0.3) is 0 Å². The van der Waals surface area contributed by atoms with Crippen molar-refractivity contribution in [3.05, 3.63) is 0 Å². The molecule has 1 amide bonds. The summed E-state index contributed by atoms with van der Waals surface area (Å²) in [7, 11) is 0. The molecule has 80 valence electrons. The standard InChI is InChI=1S/C11H18ClNO/c1-7-5-13(6-9(7)12)10(14)8-4-11(8,2)3/h7-9H,4-6H2,1-3H3. The lowest BCUT2D eigenvalue weighted by Crippen LogP contribution is -2.31. The number of rotatable bonds is 1. The van der Waals surface area contributed by atoms with Crippen molar-refractivity contribution in [1.29, 1.82) is 0 Å². The number of halogens is 1. The van der Waals surface area contributed by atoms with E-state index >= 15 is 0 Å². The summed E-state index contributed by atoms with van der Waals surface area (Å²) in [5.74, 6) is 1.03. The second-order valence-electron chi connectivity index (χ2n) is 5.48. The van der Waals surface area contributed by atoms with Crippen molar-refractivity contribution in [2.24, 2.45) is 17.3 Å². The summed E-state index contributed by atoms with van der Waals surface area (Å²) < 4.78 is 0. The number of alkyl halides is 1. The molecule has 0 radical (unpaired) electrons. The Morgan fingerprint density at radius 1 is 1.43 bits per heavy atom. The Bertz CT molecular complexity index is 254. The van der Waals surface area contributed by atoms with Crippen LogP contribution in [0.3, 0.4) is 0 Å². The molecule has 2 rings (SSSR count). The lowest BCUT2D eigenvalue weighted by atomic mass is 10.1. The fraction of sp³-hybridized carbons (Fsp3) is 0.909. The molecule has 2 nitrogen and oxygen atoms in total. The van der Waals surface area contributed by atoms with E-state index in [2.05, 4.69) is 20.8 Å². The molecular weight excluding hydrogens is 198 g/mol. The Labute approximate surface area is 90.6 Å². The SMILES string of the molecule is CC1CN(C(=O)C2CC2(C)C)CC1Cl. The van der Waals surface area contributed by atoms with Gasteiger partial charge >= 0.3 is 0 Å². The molecule has 3 atom stereocenters. The Kier molecular flexibility index (Phi) is 2.30. The first kappa shape index (κ1) is 10.3. The fourth-order valence-electron chi connectivity index (χ4n) is 2.22. The van der Waals surface area contributed by atoms with E-state index in [9.17, 15) is 4.79 Å². The van der Waals surface area contributed by atoms with Crippen molar-refractivity contribution in [2.45, 2.75) is 32.6 Å². The Hall–Kier alpha value is -0.240. The number of amides is 1.